The van der Waals surface area contributed by atoms with Crippen molar-refractivity contribution in [1.29, 1.82) is 5.26 Å². The molecule has 1 N–H and O–H groups in total. The summed E-state index contributed by atoms with van der Waals surface area (Å²) in [5.74, 6) is -0.0616. The van der Waals surface area contributed by atoms with Gasteiger partial charge in [-0.25, -0.2) is 0 Å². The molecule has 0 heterocycles. The molecule has 0 aliphatic carbocycles. The average molecular weight is 291 g/mol. The molecule has 4 heteroatoms. The van der Waals surface area contributed by atoms with Crippen molar-refractivity contribution >= 4 is 17.3 Å². The van der Waals surface area contributed by atoms with E-state index in [4.69, 9.17) is 5.26 Å². The molecule has 110 valence electrons. The Kier molecular flexibility index (Phi) is 5.33. The minimum atomic E-state index is -0.0616. The van der Waals surface area contributed by atoms with Gasteiger partial charge in [-0.1, -0.05) is 30.3 Å². The lowest BCUT2D eigenvalue weighted by atomic mass is 10.2. The van der Waals surface area contributed by atoms with Gasteiger partial charge in [0.1, 0.15) is 0 Å². The van der Waals surface area contributed by atoms with Crippen molar-refractivity contribution in [2.45, 2.75) is 0 Å². The van der Waals surface area contributed by atoms with E-state index in [1.807, 2.05) is 36.4 Å². The molecule has 0 fully saturated rings. The van der Waals surface area contributed by atoms with Gasteiger partial charge in [-0.2, -0.15) is 5.26 Å². The quantitative estimate of drug-likeness (QED) is 0.832. The number of rotatable bonds is 6. The molecule has 4 nitrogen and oxygen atoms in total. The Bertz CT molecular complexity index is 689. The Labute approximate surface area is 130 Å². The standard InChI is InChI=1S/C18H17N3O/c1-2-11-21(17-9-4-3-5-10-17)18(22)14-20-16-8-6-7-15(12-16)13-19/h2-10,12,20H,1,11,14H2. The number of hydrogen-bond donors (Lipinski definition) is 1. The van der Waals surface area contributed by atoms with Crippen LogP contribution in [0.1, 0.15) is 5.56 Å². The van der Waals surface area contributed by atoms with E-state index in [-0.39, 0.29) is 12.5 Å². The van der Waals surface area contributed by atoms with E-state index in [1.165, 1.54) is 0 Å². The van der Waals surface area contributed by atoms with E-state index >= 15 is 0 Å². The lowest BCUT2D eigenvalue weighted by molar-refractivity contribution is -0.116. The summed E-state index contributed by atoms with van der Waals surface area (Å²) >= 11 is 0. The molecule has 0 saturated carbocycles. The van der Waals surface area contributed by atoms with Crippen LogP contribution < -0.4 is 10.2 Å². The van der Waals surface area contributed by atoms with Crippen molar-refractivity contribution in [2.24, 2.45) is 0 Å². The molecule has 2 aromatic rings. The van der Waals surface area contributed by atoms with Crippen LogP contribution in [-0.2, 0) is 4.79 Å². The maximum atomic E-state index is 12.4. The predicted octanol–water partition coefficient (Wildman–Crippen LogP) is 3.19. The maximum absolute atomic E-state index is 12.4. The number of carbonyl (C=O) groups is 1. The van der Waals surface area contributed by atoms with Gasteiger partial charge in [0.25, 0.3) is 0 Å². The highest BCUT2D eigenvalue weighted by molar-refractivity contribution is 5.96. The summed E-state index contributed by atoms with van der Waals surface area (Å²) in [6, 6.07) is 18.6. The van der Waals surface area contributed by atoms with E-state index < -0.39 is 0 Å². The van der Waals surface area contributed by atoms with E-state index in [0.717, 1.165) is 11.4 Å². The monoisotopic (exact) mass is 291 g/mol. The summed E-state index contributed by atoms with van der Waals surface area (Å²) in [6.07, 6.45) is 1.70. The number of nitriles is 1. The third-order valence-corrected chi connectivity index (χ3v) is 3.12. The van der Waals surface area contributed by atoms with E-state index in [2.05, 4.69) is 18.0 Å². The number of anilines is 2. The Balaban J connectivity index is 2.05. The molecular weight excluding hydrogens is 274 g/mol. The first-order valence-electron chi connectivity index (χ1n) is 6.95. The van der Waals surface area contributed by atoms with Gasteiger partial charge < -0.3 is 10.2 Å². The summed E-state index contributed by atoms with van der Waals surface area (Å²) in [6.45, 7) is 4.30. The second-order valence-electron chi connectivity index (χ2n) is 4.67. The highest BCUT2D eigenvalue weighted by Crippen LogP contribution is 2.14. The summed E-state index contributed by atoms with van der Waals surface area (Å²) in [5.41, 5.74) is 2.14. The zero-order valence-electron chi connectivity index (χ0n) is 12.2. The number of carbonyl (C=O) groups excluding carboxylic acids is 1. The van der Waals surface area contributed by atoms with Crippen LogP contribution in [0, 0.1) is 11.3 Å². The zero-order chi connectivity index (χ0) is 15.8. The largest absolute Gasteiger partial charge is 0.376 e. The second kappa shape index (κ2) is 7.65. The number of nitrogens with zero attached hydrogens (tertiary/aromatic N) is 2. The number of amides is 1. The number of para-hydroxylation sites is 1. The molecule has 0 radical (unpaired) electrons. The third-order valence-electron chi connectivity index (χ3n) is 3.12. The SMILES string of the molecule is C=CCN(C(=O)CNc1cccc(C#N)c1)c1ccccc1. The van der Waals surface area contributed by atoms with Gasteiger partial charge in [-0.3, -0.25) is 4.79 Å². The predicted molar refractivity (Wildman–Crippen MR) is 88.6 cm³/mol. The van der Waals surface area contributed by atoms with Gasteiger partial charge in [0.05, 0.1) is 18.2 Å². The third kappa shape index (κ3) is 3.97. The molecular formula is C18H17N3O. The first kappa shape index (κ1) is 15.3. The van der Waals surface area contributed by atoms with E-state index in [9.17, 15) is 4.79 Å². The fraction of sp³-hybridized carbons (Fsp3) is 0.111. The maximum Gasteiger partial charge on any atom is 0.246 e. The minimum absolute atomic E-state index is 0.0616. The smallest absolute Gasteiger partial charge is 0.246 e. The molecule has 0 saturated heterocycles. The molecule has 0 bridgehead atoms. The van der Waals surface area contributed by atoms with Crippen LogP contribution in [-0.4, -0.2) is 19.0 Å². The molecule has 0 aliphatic heterocycles. The summed E-state index contributed by atoms with van der Waals surface area (Å²) in [4.78, 5) is 14.1. The van der Waals surface area contributed by atoms with Crippen LogP contribution in [0.2, 0.25) is 0 Å². The molecule has 0 atom stereocenters. The molecule has 1 amide bonds. The Morgan fingerprint density at radius 2 is 2.00 bits per heavy atom. The Morgan fingerprint density at radius 1 is 1.23 bits per heavy atom. The lowest BCUT2D eigenvalue weighted by Crippen LogP contribution is -2.35. The summed E-state index contributed by atoms with van der Waals surface area (Å²) in [7, 11) is 0. The van der Waals surface area contributed by atoms with E-state index in [1.54, 1.807) is 29.2 Å². The van der Waals surface area contributed by atoms with Gasteiger partial charge in [0, 0.05) is 17.9 Å². The molecule has 0 aliphatic rings. The number of benzene rings is 2. The highest BCUT2D eigenvalue weighted by Gasteiger charge is 2.13. The average Bonchev–Trinajstić information content (AvgIpc) is 2.58. The minimum Gasteiger partial charge on any atom is -0.376 e. The summed E-state index contributed by atoms with van der Waals surface area (Å²) in [5, 5.41) is 11.9. The van der Waals surface area contributed by atoms with Gasteiger partial charge in [0.2, 0.25) is 5.91 Å². The van der Waals surface area contributed by atoms with Crippen molar-refractivity contribution < 1.29 is 4.79 Å². The normalized spacial score (nSPS) is 9.59. The van der Waals surface area contributed by atoms with Crippen molar-refractivity contribution in [3.05, 3.63) is 72.8 Å². The number of hydrogen-bond acceptors (Lipinski definition) is 3. The summed E-state index contributed by atoms with van der Waals surface area (Å²) < 4.78 is 0. The highest BCUT2D eigenvalue weighted by atomic mass is 16.2. The Hall–Kier alpha value is -3.06. The van der Waals surface area contributed by atoms with Gasteiger partial charge in [-0.05, 0) is 30.3 Å². The molecule has 0 unspecified atom stereocenters. The van der Waals surface area contributed by atoms with Crippen molar-refractivity contribution in [2.75, 3.05) is 23.3 Å². The van der Waals surface area contributed by atoms with Crippen LogP contribution in [0.4, 0.5) is 11.4 Å². The van der Waals surface area contributed by atoms with Gasteiger partial charge in [0.15, 0.2) is 0 Å². The van der Waals surface area contributed by atoms with Gasteiger partial charge in [-0.15, -0.1) is 6.58 Å². The molecule has 22 heavy (non-hydrogen) atoms. The molecule has 0 spiro atoms. The van der Waals surface area contributed by atoms with Crippen molar-refractivity contribution in [1.82, 2.24) is 0 Å². The molecule has 2 aromatic carbocycles. The van der Waals surface area contributed by atoms with Crippen LogP contribution in [0.3, 0.4) is 0 Å². The van der Waals surface area contributed by atoms with E-state index in [0.29, 0.717) is 12.1 Å². The Morgan fingerprint density at radius 3 is 2.68 bits per heavy atom. The molecule has 2 rings (SSSR count). The fourth-order valence-electron chi connectivity index (χ4n) is 2.06. The van der Waals surface area contributed by atoms with Crippen molar-refractivity contribution in [3.8, 4) is 6.07 Å². The van der Waals surface area contributed by atoms with Crippen molar-refractivity contribution in [3.63, 3.8) is 0 Å². The van der Waals surface area contributed by atoms with Crippen LogP contribution in [0.25, 0.3) is 0 Å². The fourth-order valence-corrected chi connectivity index (χ4v) is 2.06. The zero-order valence-corrected chi connectivity index (χ0v) is 12.2. The van der Waals surface area contributed by atoms with Crippen LogP contribution in [0.5, 0.6) is 0 Å². The van der Waals surface area contributed by atoms with Crippen LogP contribution >= 0.6 is 0 Å². The topological polar surface area (TPSA) is 56.1 Å². The molecule has 0 aromatic heterocycles. The number of nitrogens with one attached hydrogen (secondary N) is 1. The second-order valence-corrected chi connectivity index (χ2v) is 4.67. The lowest BCUT2D eigenvalue weighted by Gasteiger charge is -2.21. The van der Waals surface area contributed by atoms with Gasteiger partial charge >= 0.3 is 0 Å². The van der Waals surface area contributed by atoms with Crippen LogP contribution in [0.15, 0.2) is 67.3 Å². The first-order chi connectivity index (χ1) is 10.7. The first-order valence-corrected chi connectivity index (χ1v) is 6.95.